The van der Waals surface area contributed by atoms with Crippen LogP contribution in [0.25, 0.3) is 22.6 Å². The fraction of sp³-hybridized carbons (Fsp3) is 0.167. The number of benzene rings is 2. The number of rotatable bonds is 6. The Morgan fingerprint density at radius 2 is 0.857 bits per heavy atom. The van der Waals surface area contributed by atoms with E-state index in [1.807, 2.05) is 0 Å². The average Bonchev–Trinajstić information content (AvgIpc) is 3.36. The molecule has 11 nitrogen and oxygen atoms in total. The summed E-state index contributed by atoms with van der Waals surface area (Å²) in [6.45, 7) is 0. The molecule has 11 heteroatoms. The molecular weight excluding hydrogens is 464 g/mol. The highest BCUT2D eigenvalue weighted by Gasteiger charge is 2.30. The topological polar surface area (TPSA) is 159 Å². The summed E-state index contributed by atoms with van der Waals surface area (Å²) >= 11 is 0. The van der Waals surface area contributed by atoms with E-state index in [1.165, 1.54) is 36.4 Å². The number of methoxy groups -OCH3 is 4. The monoisotopic (exact) mass is 484 g/mol. The molecule has 0 fully saturated rings. The van der Waals surface area contributed by atoms with E-state index in [1.54, 1.807) is 0 Å². The molecule has 0 bridgehead atoms. The van der Waals surface area contributed by atoms with Crippen molar-refractivity contribution in [1.29, 1.82) is 0 Å². The third kappa shape index (κ3) is 4.38. The van der Waals surface area contributed by atoms with Gasteiger partial charge in [-0.25, -0.2) is 19.2 Å². The number of esters is 4. The zero-order valence-corrected chi connectivity index (χ0v) is 19.0. The van der Waals surface area contributed by atoms with E-state index in [-0.39, 0.29) is 33.8 Å². The van der Waals surface area contributed by atoms with Crippen LogP contribution in [0.2, 0.25) is 0 Å². The summed E-state index contributed by atoms with van der Waals surface area (Å²) in [7, 11) is 4.35. The van der Waals surface area contributed by atoms with E-state index < -0.39 is 46.5 Å². The van der Waals surface area contributed by atoms with Crippen LogP contribution in [0.15, 0.2) is 40.8 Å². The van der Waals surface area contributed by atoms with Gasteiger partial charge in [-0.05, 0) is 36.4 Å². The fourth-order valence-corrected chi connectivity index (χ4v) is 3.47. The van der Waals surface area contributed by atoms with Crippen molar-refractivity contribution in [3.63, 3.8) is 0 Å². The predicted octanol–water partition coefficient (Wildman–Crippen LogP) is 3.17. The number of carbonyl (C=O) groups is 4. The number of aromatic hydroxyl groups is 2. The van der Waals surface area contributed by atoms with E-state index in [0.29, 0.717) is 0 Å². The Labute approximate surface area is 198 Å². The van der Waals surface area contributed by atoms with Gasteiger partial charge in [0.2, 0.25) is 0 Å². The van der Waals surface area contributed by atoms with Crippen molar-refractivity contribution in [2.75, 3.05) is 28.4 Å². The summed E-state index contributed by atoms with van der Waals surface area (Å²) < 4.78 is 24.8. The maximum absolute atomic E-state index is 12.5. The van der Waals surface area contributed by atoms with Gasteiger partial charge in [0.15, 0.2) is 0 Å². The van der Waals surface area contributed by atoms with Gasteiger partial charge in [-0.1, -0.05) is 0 Å². The third-order valence-electron chi connectivity index (χ3n) is 5.06. The van der Waals surface area contributed by atoms with Crippen molar-refractivity contribution in [3.8, 4) is 34.1 Å². The molecule has 2 N–H and O–H groups in total. The van der Waals surface area contributed by atoms with Gasteiger partial charge in [0.05, 0.1) is 39.6 Å². The molecule has 3 rings (SSSR count). The highest BCUT2D eigenvalue weighted by Crippen LogP contribution is 2.38. The second kappa shape index (κ2) is 10.00. The third-order valence-corrected chi connectivity index (χ3v) is 5.06. The van der Waals surface area contributed by atoms with Crippen LogP contribution in [0, 0.1) is 0 Å². The SMILES string of the molecule is COC(=O)c1c(O)ccc(-c2ccc(-c3ccc(O)c(C(=O)OC)c3C(=O)OC)o2)c1C(=O)OC. The Kier molecular flexibility index (Phi) is 7.09. The second-order valence-corrected chi connectivity index (χ2v) is 6.89. The van der Waals surface area contributed by atoms with Crippen LogP contribution in [-0.4, -0.2) is 62.5 Å². The Morgan fingerprint density at radius 1 is 0.543 bits per heavy atom. The lowest BCUT2D eigenvalue weighted by Gasteiger charge is -2.13. The molecule has 0 radical (unpaired) electrons. The molecule has 182 valence electrons. The minimum absolute atomic E-state index is 0.0501. The zero-order valence-electron chi connectivity index (χ0n) is 19.0. The van der Waals surface area contributed by atoms with Gasteiger partial charge in [0, 0.05) is 11.1 Å². The Hall–Kier alpha value is -4.80. The Bertz CT molecular complexity index is 1230. The molecule has 35 heavy (non-hydrogen) atoms. The molecule has 0 saturated carbocycles. The Morgan fingerprint density at radius 3 is 1.17 bits per heavy atom. The number of phenolic OH excluding ortho intramolecular Hbond substituents is 2. The number of ether oxygens (including phenoxy) is 4. The van der Waals surface area contributed by atoms with E-state index >= 15 is 0 Å². The van der Waals surface area contributed by atoms with Gasteiger partial charge in [0.25, 0.3) is 0 Å². The first kappa shape index (κ1) is 24.8. The molecule has 0 saturated heterocycles. The lowest BCUT2D eigenvalue weighted by Crippen LogP contribution is -2.14. The summed E-state index contributed by atoms with van der Waals surface area (Å²) in [4.78, 5) is 49.6. The molecular formula is C24H20O11. The molecule has 0 aliphatic rings. The average molecular weight is 484 g/mol. The van der Waals surface area contributed by atoms with Crippen LogP contribution >= 0.6 is 0 Å². The number of hydrogen-bond donors (Lipinski definition) is 2. The number of carbonyl (C=O) groups excluding carboxylic acids is 4. The zero-order chi connectivity index (χ0) is 25.9. The number of hydrogen-bond acceptors (Lipinski definition) is 11. The van der Waals surface area contributed by atoms with Crippen LogP contribution in [0.1, 0.15) is 41.4 Å². The van der Waals surface area contributed by atoms with Gasteiger partial charge < -0.3 is 33.6 Å². The van der Waals surface area contributed by atoms with Gasteiger partial charge in [-0.2, -0.15) is 0 Å². The highest BCUT2D eigenvalue weighted by molar-refractivity contribution is 6.10. The smallest absolute Gasteiger partial charge is 0.342 e. The normalized spacial score (nSPS) is 10.4. The molecule has 0 atom stereocenters. The van der Waals surface area contributed by atoms with E-state index in [4.69, 9.17) is 13.9 Å². The first-order valence-corrected chi connectivity index (χ1v) is 9.85. The van der Waals surface area contributed by atoms with Crippen LogP contribution in [0.5, 0.6) is 11.5 Å². The molecule has 0 unspecified atom stereocenters. The van der Waals surface area contributed by atoms with Crippen molar-refractivity contribution >= 4 is 23.9 Å². The quantitative estimate of drug-likeness (QED) is 0.391. The largest absolute Gasteiger partial charge is 0.507 e. The lowest BCUT2D eigenvalue weighted by molar-refractivity contribution is 0.0552. The Balaban J connectivity index is 2.27. The van der Waals surface area contributed by atoms with Gasteiger partial charge in [-0.3, -0.25) is 0 Å². The molecule has 3 aromatic rings. The van der Waals surface area contributed by atoms with Crippen molar-refractivity contribution < 1.29 is 52.8 Å². The van der Waals surface area contributed by atoms with Crippen LogP contribution in [0.3, 0.4) is 0 Å². The van der Waals surface area contributed by atoms with Gasteiger partial charge in [-0.15, -0.1) is 0 Å². The summed E-state index contributed by atoms with van der Waals surface area (Å²) in [5, 5.41) is 20.4. The standard InChI is InChI=1S/C24H20O11/c1-31-21(27)17-11(5-7-13(25)19(17)23(29)33-3)15-9-10-16(35-15)12-6-8-14(26)20(24(30)34-4)18(12)22(28)32-2/h5-10,25-26H,1-4H3. The van der Waals surface area contributed by atoms with Crippen molar-refractivity contribution in [2.24, 2.45) is 0 Å². The van der Waals surface area contributed by atoms with Crippen molar-refractivity contribution in [2.45, 2.75) is 0 Å². The minimum atomic E-state index is -0.981. The van der Waals surface area contributed by atoms with E-state index in [0.717, 1.165) is 28.4 Å². The molecule has 1 heterocycles. The van der Waals surface area contributed by atoms with Crippen LogP contribution < -0.4 is 0 Å². The minimum Gasteiger partial charge on any atom is -0.507 e. The van der Waals surface area contributed by atoms with Gasteiger partial charge in [0.1, 0.15) is 34.1 Å². The summed E-state index contributed by atoms with van der Waals surface area (Å²) in [5.74, 6) is -4.77. The lowest BCUT2D eigenvalue weighted by atomic mass is 9.98. The molecule has 1 aromatic heterocycles. The first-order chi connectivity index (χ1) is 16.7. The maximum Gasteiger partial charge on any atom is 0.342 e. The summed E-state index contributed by atoms with van der Waals surface area (Å²) in [5.41, 5.74) is -1.32. The number of furan rings is 1. The summed E-state index contributed by atoms with van der Waals surface area (Å²) in [6, 6.07) is 7.86. The molecule has 0 spiro atoms. The van der Waals surface area contributed by atoms with Gasteiger partial charge >= 0.3 is 23.9 Å². The first-order valence-electron chi connectivity index (χ1n) is 9.85. The molecule has 2 aromatic carbocycles. The van der Waals surface area contributed by atoms with E-state index in [9.17, 15) is 29.4 Å². The van der Waals surface area contributed by atoms with Crippen molar-refractivity contribution in [1.82, 2.24) is 0 Å². The number of phenols is 2. The van der Waals surface area contributed by atoms with Crippen LogP contribution in [0.4, 0.5) is 0 Å². The predicted molar refractivity (Wildman–Crippen MR) is 118 cm³/mol. The van der Waals surface area contributed by atoms with Crippen molar-refractivity contribution in [3.05, 3.63) is 58.7 Å². The van der Waals surface area contributed by atoms with E-state index in [2.05, 4.69) is 9.47 Å². The fourth-order valence-electron chi connectivity index (χ4n) is 3.47. The summed E-state index contributed by atoms with van der Waals surface area (Å²) in [6.07, 6.45) is 0. The highest BCUT2D eigenvalue weighted by atomic mass is 16.5. The second-order valence-electron chi connectivity index (χ2n) is 6.89. The molecule has 0 aliphatic heterocycles. The maximum atomic E-state index is 12.5. The molecule has 0 amide bonds. The van der Waals surface area contributed by atoms with Crippen LogP contribution in [-0.2, 0) is 18.9 Å². The molecule has 0 aliphatic carbocycles.